The third-order valence-corrected chi connectivity index (χ3v) is 2.95. The number of hydrogen-bond donors (Lipinski definition) is 2. The van der Waals surface area contributed by atoms with E-state index < -0.39 is 5.97 Å². The summed E-state index contributed by atoms with van der Waals surface area (Å²) in [4.78, 5) is 10.7. The summed E-state index contributed by atoms with van der Waals surface area (Å²) in [6.07, 6.45) is 3.28. The van der Waals surface area contributed by atoms with Gasteiger partial charge in [-0.25, -0.2) is 0 Å². The van der Waals surface area contributed by atoms with E-state index >= 15 is 0 Å². The summed E-state index contributed by atoms with van der Waals surface area (Å²) in [5, 5.41) is 17.6. The van der Waals surface area contributed by atoms with E-state index in [0.717, 1.165) is 12.8 Å². The minimum absolute atomic E-state index is 0.143. The number of aliphatic hydroxyl groups is 1. The van der Waals surface area contributed by atoms with Gasteiger partial charge in [0, 0.05) is 12.5 Å². The molecular weight excluding hydrogens is 196 g/mol. The first kappa shape index (κ1) is 12.5. The van der Waals surface area contributed by atoms with Gasteiger partial charge in [0.1, 0.15) is 0 Å². The monoisotopic (exact) mass is 216 g/mol. The lowest BCUT2D eigenvalue weighted by Crippen LogP contribution is -2.27. The van der Waals surface area contributed by atoms with Crippen molar-refractivity contribution in [3.05, 3.63) is 0 Å². The molecule has 4 nitrogen and oxygen atoms in total. The van der Waals surface area contributed by atoms with Crippen LogP contribution in [-0.2, 0) is 9.53 Å². The fourth-order valence-corrected chi connectivity index (χ4v) is 1.83. The second-order valence-corrected chi connectivity index (χ2v) is 4.43. The first-order chi connectivity index (χ1) is 7.13. The van der Waals surface area contributed by atoms with Crippen molar-refractivity contribution >= 4 is 5.97 Å². The van der Waals surface area contributed by atoms with Crippen LogP contribution in [0.3, 0.4) is 0 Å². The fraction of sp³-hybridized carbons (Fsp3) is 0.909. The average molecular weight is 216 g/mol. The summed E-state index contributed by atoms with van der Waals surface area (Å²) >= 11 is 0. The van der Waals surface area contributed by atoms with E-state index in [1.807, 2.05) is 6.92 Å². The van der Waals surface area contributed by atoms with Crippen LogP contribution >= 0.6 is 0 Å². The maximum Gasteiger partial charge on any atom is 0.306 e. The van der Waals surface area contributed by atoms with Crippen LogP contribution in [0.25, 0.3) is 0 Å². The van der Waals surface area contributed by atoms with Crippen molar-refractivity contribution in [3.8, 4) is 0 Å². The Morgan fingerprint density at radius 1 is 1.40 bits per heavy atom. The SMILES string of the molecule is CC(CO)COC1CCC(C(=O)O)CC1. The predicted molar refractivity (Wildman–Crippen MR) is 55.6 cm³/mol. The molecule has 15 heavy (non-hydrogen) atoms. The van der Waals surface area contributed by atoms with E-state index in [9.17, 15) is 4.79 Å². The number of carboxylic acids is 1. The molecule has 2 N–H and O–H groups in total. The van der Waals surface area contributed by atoms with Crippen LogP contribution < -0.4 is 0 Å². The fourth-order valence-electron chi connectivity index (χ4n) is 1.83. The molecule has 1 rings (SSSR count). The number of hydrogen-bond acceptors (Lipinski definition) is 3. The van der Waals surface area contributed by atoms with Gasteiger partial charge in [0.15, 0.2) is 0 Å². The quantitative estimate of drug-likeness (QED) is 0.726. The first-order valence-electron chi connectivity index (χ1n) is 5.58. The van der Waals surface area contributed by atoms with E-state index in [0.29, 0.717) is 19.4 Å². The molecule has 0 saturated heterocycles. The minimum Gasteiger partial charge on any atom is -0.481 e. The van der Waals surface area contributed by atoms with Crippen LogP contribution in [-0.4, -0.2) is 35.5 Å². The molecule has 1 unspecified atom stereocenters. The summed E-state index contributed by atoms with van der Waals surface area (Å²) in [5.74, 6) is -0.695. The zero-order chi connectivity index (χ0) is 11.3. The molecule has 0 aliphatic heterocycles. The lowest BCUT2D eigenvalue weighted by atomic mass is 9.87. The molecule has 4 heteroatoms. The first-order valence-corrected chi connectivity index (χ1v) is 5.58. The van der Waals surface area contributed by atoms with Gasteiger partial charge in [0.2, 0.25) is 0 Å². The van der Waals surface area contributed by atoms with E-state index in [1.165, 1.54) is 0 Å². The van der Waals surface area contributed by atoms with Crippen molar-refractivity contribution in [1.29, 1.82) is 0 Å². The molecule has 0 bridgehead atoms. The van der Waals surface area contributed by atoms with E-state index in [4.69, 9.17) is 14.9 Å². The molecule has 0 spiro atoms. The van der Waals surface area contributed by atoms with Crippen molar-refractivity contribution < 1.29 is 19.7 Å². The zero-order valence-corrected chi connectivity index (χ0v) is 9.19. The highest BCUT2D eigenvalue weighted by atomic mass is 16.5. The Morgan fingerprint density at radius 3 is 2.47 bits per heavy atom. The van der Waals surface area contributed by atoms with Crippen LogP contribution in [0.1, 0.15) is 32.6 Å². The molecule has 1 atom stereocenters. The smallest absolute Gasteiger partial charge is 0.306 e. The summed E-state index contributed by atoms with van der Waals surface area (Å²) < 4.78 is 5.61. The van der Waals surface area contributed by atoms with Crippen molar-refractivity contribution in [3.63, 3.8) is 0 Å². The lowest BCUT2D eigenvalue weighted by Gasteiger charge is -2.27. The van der Waals surface area contributed by atoms with Gasteiger partial charge >= 0.3 is 5.97 Å². The normalized spacial score (nSPS) is 28.7. The van der Waals surface area contributed by atoms with E-state index in [2.05, 4.69) is 0 Å². The topological polar surface area (TPSA) is 66.8 Å². The number of carboxylic acid groups (broad SMARTS) is 1. The third kappa shape index (κ3) is 4.18. The van der Waals surface area contributed by atoms with Crippen molar-refractivity contribution in [2.24, 2.45) is 11.8 Å². The van der Waals surface area contributed by atoms with Crippen molar-refractivity contribution in [1.82, 2.24) is 0 Å². The highest BCUT2D eigenvalue weighted by Gasteiger charge is 2.26. The summed E-state index contributed by atoms with van der Waals surface area (Å²) in [6.45, 7) is 2.65. The Balaban J connectivity index is 2.17. The minimum atomic E-state index is -0.683. The predicted octanol–water partition coefficient (Wildman–Crippen LogP) is 1.27. The molecule has 1 saturated carbocycles. The standard InChI is InChI=1S/C11H20O4/c1-8(6-12)7-15-10-4-2-9(3-5-10)11(13)14/h8-10,12H,2-7H2,1H3,(H,13,14). The Kier molecular flexibility index (Phi) is 5.05. The summed E-state index contributed by atoms with van der Waals surface area (Å²) in [6, 6.07) is 0. The number of aliphatic hydroxyl groups excluding tert-OH is 1. The van der Waals surface area contributed by atoms with Gasteiger partial charge in [0.05, 0.1) is 18.6 Å². The Bertz CT molecular complexity index is 197. The highest BCUT2D eigenvalue weighted by Crippen LogP contribution is 2.26. The van der Waals surface area contributed by atoms with Crippen molar-refractivity contribution in [2.75, 3.05) is 13.2 Å². The van der Waals surface area contributed by atoms with Crippen LogP contribution in [0.15, 0.2) is 0 Å². The molecule has 0 heterocycles. The second kappa shape index (κ2) is 6.08. The van der Waals surface area contributed by atoms with Gasteiger partial charge in [-0.05, 0) is 25.7 Å². The van der Waals surface area contributed by atoms with Crippen LogP contribution in [0, 0.1) is 11.8 Å². The number of aliphatic carboxylic acids is 1. The third-order valence-electron chi connectivity index (χ3n) is 2.95. The molecule has 1 fully saturated rings. The highest BCUT2D eigenvalue weighted by molar-refractivity contribution is 5.69. The Hall–Kier alpha value is -0.610. The molecule has 0 aromatic rings. The largest absolute Gasteiger partial charge is 0.481 e. The zero-order valence-electron chi connectivity index (χ0n) is 9.19. The average Bonchev–Trinajstić information content (AvgIpc) is 2.26. The van der Waals surface area contributed by atoms with Gasteiger partial charge < -0.3 is 14.9 Å². The number of ether oxygens (including phenoxy) is 1. The molecule has 88 valence electrons. The number of rotatable bonds is 5. The Labute approximate surface area is 90.2 Å². The maximum absolute atomic E-state index is 10.7. The van der Waals surface area contributed by atoms with Gasteiger partial charge in [-0.3, -0.25) is 4.79 Å². The molecule has 0 amide bonds. The van der Waals surface area contributed by atoms with Gasteiger partial charge in [-0.1, -0.05) is 6.92 Å². The lowest BCUT2D eigenvalue weighted by molar-refractivity contribution is -0.143. The molecule has 0 radical (unpaired) electrons. The summed E-state index contributed by atoms with van der Waals surface area (Å²) in [7, 11) is 0. The Morgan fingerprint density at radius 2 is 2.00 bits per heavy atom. The second-order valence-electron chi connectivity index (χ2n) is 4.43. The van der Waals surface area contributed by atoms with Crippen LogP contribution in [0.2, 0.25) is 0 Å². The van der Waals surface area contributed by atoms with Crippen LogP contribution in [0.4, 0.5) is 0 Å². The van der Waals surface area contributed by atoms with Crippen LogP contribution in [0.5, 0.6) is 0 Å². The van der Waals surface area contributed by atoms with Gasteiger partial charge in [-0.2, -0.15) is 0 Å². The molecule has 1 aliphatic carbocycles. The van der Waals surface area contributed by atoms with Gasteiger partial charge in [0.25, 0.3) is 0 Å². The van der Waals surface area contributed by atoms with E-state index in [-0.39, 0.29) is 24.5 Å². The van der Waals surface area contributed by atoms with Gasteiger partial charge in [-0.15, -0.1) is 0 Å². The molecule has 1 aliphatic rings. The molecule has 0 aromatic heterocycles. The summed E-state index contributed by atoms with van der Waals surface area (Å²) in [5.41, 5.74) is 0. The van der Waals surface area contributed by atoms with E-state index in [1.54, 1.807) is 0 Å². The maximum atomic E-state index is 10.7. The molecule has 0 aromatic carbocycles. The van der Waals surface area contributed by atoms with Crippen molar-refractivity contribution in [2.45, 2.75) is 38.7 Å². The molecular formula is C11H20O4. The number of carbonyl (C=O) groups is 1.